The smallest absolute Gasteiger partial charge is 0.419 e. The maximum absolute atomic E-state index is 15.9. The summed E-state index contributed by atoms with van der Waals surface area (Å²) in [6.07, 6.45) is -0.563. The Bertz CT molecular complexity index is 4730. The van der Waals surface area contributed by atoms with Crippen LogP contribution in [-0.4, -0.2) is 207 Å². The van der Waals surface area contributed by atoms with Crippen LogP contribution in [0, 0.1) is 11.3 Å². The standard InChI is InChI=1S/C85H119N15O20/c1-48(2)38-57(67(102)90-56(74(109)110)28-25-37-88-75(86)87)91-69(104)59(40-50-43-98(77(112)118-83(12,13)14)63-29-23-21-26-54(50)63)93-68(103)58(39-49-31-33-53(34-32-49)116-81(6,7)8)92-72(107)62(46-115-80(3,4)5)96-70(105)60(41-51-44-99(78(113)119-84(15,16)17)64-30-24-22-27-55(51)64)94-71(106)61(42-52-45-97(47-89-52)76(111)117-82(9,10)11)95-73(108)65-35-36-66(101)100(65)79(114)120-85(18,19)20/h21-24,26-27,29-34,43-45,47-48,56-62,65H,25,28,35-42,46H2,1-20H3,(H,90,102)(H,91,104)(H,92,107)(H,93,103)(H,94,106)(H,95,108)(H,96,105)(H,109,110)(H4,86,87,88)/t56-,57-,58-,59+,60-,61-,62-,65-/m0/s1. The summed E-state index contributed by atoms with van der Waals surface area (Å²) in [4.78, 5) is 194. The summed E-state index contributed by atoms with van der Waals surface area (Å²) in [6.45, 7) is 33.2. The average Bonchev–Trinajstić information content (AvgIpc) is 1.64. The van der Waals surface area contributed by atoms with Gasteiger partial charge in [0.1, 0.15) is 88.4 Å². The zero-order valence-electron chi connectivity index (χ0n) is 72.2. The number of rotatable bonds is 32. The minimum Gasteiger partial charge on any atom is -0.488 e. The highest BCUT2D eigenvalue weighted by Crippen LogP contribution is 2.29. The van der Waals surface area contributed by atoms with Crippen LogP contribution in [0.1, 0.15) is 193 Å². The number of carboxylic acids is 1. The highest BCUT2D eigenvalue weighted by molar-refractivity contribution is 6.03. The molecule has 3 aromatic carbocycles. The van der Waals surface area contributed by atoms with Crippen LogP contribution >= 0.6 is 0 Å². The van der Waals surface area contributed by atoms with Gasteiger partial charge in [0.25, 0.3) is 0 Å². The molecule has 1 fully saturated rings. The predicted octanol–water partition coefficient (Wildman–Crippen LogP) is 8.12. The van der Waals surface area contributed by atoms with Gasteiger partial charge in [-0.15, -0.1) is 0 Å². The van der Waals surface area contributed by atoms with Crippen molar-refractivity contribution in [3.63, 3.8) is 0 Å². The van der Waals surface area contributed by atoms with Crippen LogP contribution in [0.25, 0.3) is 21.8 Å². The molecule has 0 unspecified atom stereocenters. The third-order valence-corrected chi connectivity index (χ3v) is 18.0. The number of carbonyl (C=O) groups excluding carboxylic acids is 12. The van der Waals surface area contributed by atoms with E-state index >= 15 is 24.0 Å². The number of likely N-dealkylation sites (tertiary alicyclic amines) is 1. The summed E-state index contributed by atoms with van der Waals surface area (Å²) in [7, 11) is 0. The number of fused-ring (bicyclic) bond motifs is 2. The number of ether oxygens (including phenoxy) is 6. The number of carboxylic acid groups (broad SMARTS) is 1. The van der Waals surface area contributed by atoms with Crippen LogP contribution in [0.2, 0.25) is 0 Å². The van der Waals surface area contributed by atoms with Crippen molar-refractivity contribution in [1.82, 2.24) is 66.1 Å². The van der Waals surface area contributed by atoms with E-state index in [-0.39, 0.29) is 68.2 Å². The van der Waals surface area contributed by atoms with Crippen LogP contribution in [0.3, 0.4) is 0 Å². The second-order valence-electron chi connectivity index (χ2n) is 36.1. The first-order valence-electron chi connectivity index (χ1n) is 39.9. The molecule has 654 valence electrons. The van der Waals surface area contributed by atoms with Crippen molar-refractivity contribution < 1.29 is 95.9 Å². The SMILES string of the molecule is CC(C)C[C@H](NC(=O)[C@@H](Cc1cn(C(=O)OC(C)(C)C)c2ccccc12)NC(=O)[C@H](Cc1ccc(OC(C)(C)C)cc1)NC(=O)[C@H](COC(C)(C)C)NC(=O)[C@H](Cc1cn(C(=O)OC(C)(C)C)c2ccccc12)NC(=O)[C@H](Cc1cn(C(=O)OC(C)(C)C)cn1)NC(=O)[C@@H]1CCC(=O)N1C(=O)OC(C)(C)C)C(=O)N[C@@H](CCCNC(=N)N)C(=O)O. The molecule has 35 heteroatoms. The quantitative estimate of drug-likeness (QED) is 0.00821. The van der Waals surface area contributed by atoms with Crippen LogP contribution in [0.15, 0.2) is 97.7 Å². The lowest BCUT2D eigenvalue weighted by Crippen LogP contribution is -2.62. The van der Waals surface area contributed by atoms with E-state index in [1.54, 1.807) is 190 Å². The number of nitrogens with one attached hydrogen (secondary N) is 9. The second-order valence-corrected chi connectivity index (χ2v) is 36.1. The van der Waals surface area contributed by atoms with Gasteiger partial charge in [-0.25, -0.2) is 38.4 Å². The average molecular weight is 1670 g/mol. The van der Waals surface area contributed by atoms with Gasteiger partial charge in [-0.05, 0) is 197 Å². The normalized spacial score (nSPS) is 15.2. The minimum absolute atomic E-state index is 0.0214. The number of aliphatic carboxylic acids is 1. The van der Waals surface area contributed by atoms with Crippen LogP contribution < -0.4 is 53.0 Å². The molecule has 1 aliphatic heterocycles. The van der Waals surface area contributed by atoms with Gasteiger partial charge in [0, 0.05) is 68.0 Å². The largest absolute Gasteiger partial charge is 0.488 e. The number of imide groups is 1. The molecule has 35 nitrogen and oxygen atoms in total. The van der Waals surface area contributed by atoms with Gasteiger partial charge in [0.2, 0.25) is 47.3 Å². The molecule has 9 amide bonds. The number of amides is 9. The fourth-order valence-corrected chi connectivity index (χ4v) is 12.8. The van der Waals surface area contributed by atoms with Crippen molar-refractivity contribution in [2.75, 3.05) is 13.2 Å². The molecule has 0 spiro atoms. The number of guanidine groups is 1. The number of imidazole rings is 1. The Morgan fingerprint density at radius 3 is 1.39 bits per heavy atom. The topological polar surface area (TPSA) is 475 Å². The van der Waals surface area contributed by atoms with E-state index in [1.165, 1.54) is 27.7 Å². The van der Waals surface area contributed by atoms with Crippen molar-refractivity contribution in [2.45, 2.75) is 278 Å². The molecule has 0 bridgehead atoms. The van der Waals surface area contributed by atoms with Gasteiger partial charge >= 0.3 is 30.3 Å². The van der Waals surface area contributed by atoms with E-state index in [0.29, 0.717) is 43.6 Å². The van der Waals surface area contributed by atoms with Gasteiger partial charge in [0.15, 0.2) is 5.96 Å². The lowest BCUT2D eigenvalue weighted by Gasteiger charge is -2.30. The Labute approximate surface area is 698 Å². The number of hydrogen-bond donors (Lipinski definition) is 11. The molecule has 7 rings (SSSR count). The Balaban J connectivity index is 1.35. The lowest BCUT2D eigenvalue weighted by atomic mass is 9.99. The Kier molecular flexibility index (Phi) is 31.6. The molecule has 4 heterocycles. The molecule has 0 saturated carbocycles. The van der Waals surface area contributed by atoms with Gasteiger partial charge < -0.3 is 81.8 Å². The van der Waals surface area contributed by atoms with E-state index in [2.05, 4.69) is 47.5 Å². The second kappa shape index (κ2) is 39.8. The molecule has 1 saturated heterocycles. The fourth-order valence-electron chi connectivity index (χ4n) is 12.8. The third-order valence-electron chi connectivity index (χ3n) is 18.0. The zero-order chi connectivity index (χ0) is 89.5. The number of nitrogens with two attached hydrogens (primary N) is 1. The summed E-state index contributed by atoms with van der Waals surface area (Å²) in [5.41, 5.74) is 1.39. The number of nitrogens with zero attached hydrogens (tertiary/aromatic N) is 5. The van der Waals surface area contributed by atoms with E-state index < -0.39 is 185 Å². The number of aromatic nitrogens is 4. The highest BCUT2D eigenvalue weighted by atomic mass is 16.6. The monoisotopic (exact) mass is 1670 g/mol. The van der Waals surface area contributed by atoms with Gasteiger partial charge in [-0.2, -0.15) is 0 Å². The Hall–Kier alpha value is -11.9. The summed E-state index contributed by atoms with van der Waals surface area (Å²) < 4.78 is 38.6. The minimum atomic E-state index is -1.81. The maximum atomic E-state index is 15.9. The summed E-state index contributed by atoms with van der Waals surface area (Å²) in [5, 5.41) is 40.3. The third kappa shape index (κ3) is 29.3. The highest BCUT2D eigenvalue weighted by Gasteiger charge is 2.45. The van der Waals surface area contributed by atoms with Gasteiger partial charge in [-0.1, -0.05) is 62.4 Å². The van der Waals surface area contributed by atoms with Crippen molar-refractivity contribution >= 4 is 105 Å². The zero-order valence-corrected chi connectivity index (χ0v) is 72.2. The molecular formula is C85H119N15O20. The molecule has 0 radical (unpaired) electrons. The summed E-state index contributed by atoms with van der Waals surface area (Å²) >= 11 is 0. The molecule has 1 aliphatic rings. The molecule has 3 aromatic heterocycles. The van der Waals surface area contributed by atoms with Gasteiger partial charge in [0.05, 0.1) is 28.9 Å². The first kappa shape index (κ1) is 95.2. The van der Waals surface area contributed by atoms with Gasteiger partial charge in [-0.3, -0.25) is 52.9 Å². The Morgan fingerprint density at radius 1 is 0.508 bits per heavy atom. The lowest BCUT2D eigenvalue weighted by molar-refractivity contribution is -0.142. The first-order valence-corrected chi connectivity index (χ1v) is 39.9. The predicted molar refractivity (Wildman–Crippen MR) is 444 cm³/mol. The number of carbonyl (C=O) groups is 13. The van der Waals surface area contributed by atoms with Crippen LogP contribution in [-0.2, 0) is 92.5 Å². The number of para-hydroxylation sites is 2. The van der Waals surface area contributed by atoms with E-state index in [0.717, 1.165) is 10.9 Å². The van der Waals surface area contributed by atoms with E-state index in [9.17, 15) is 43.5 Å². The molecular weight excluding hydrogens is 1550 g/mol. The first-order chi connectivity index (χ1) is 55.6. The van der Waals surface area contributed by atoms with Crippen molar-refractivity contribution in [3.05, 3.63) is 120 Å². The van der Waals surface area contributed by atoms with Crippen LogP contribution in [0.5, 0.6) is 5.75 Å². The fraction of sp³-hybridized carbons (Fsp3) is 0.541. The molecule has 120 heavy (non-hydrogen) atoms. The molecule has 12 N–H and O–H groups in total. The van der Waals surface area contributed by atoms with Crippen molar-refractivity contribution in [2.24, 2.45) is 11.7 Å². The molecule has 6 aromatic rings. The maximum Gasteiger partial charge on any atom is 0.419 e. The van der Waals surface area contributed by atoms with Crippen LogP contribution in [0.4, 0.5) is 19.2 Å². The van der Waals surface area contributed by atoms with Crippen molar-refractivity contribution in [1.29, 1.82) is 5.41 Å². The summed E-state index contributed by atoms with van der Waals surface area (Å²) in [6, 6.07) is 6.68. The molecule has 8 atom stereocenters. The summed E-state index contributed by atoms with van der Waals surface area (Å²) in [5.74, 6) is -9.48. The molecule has 0 aliphatic carbocycles. The number of hydrogen-bond acceptors (Lipinski definition) is 21. The van der Waals surface area contributed by atoms with E-state index in [4.69, 9.17) is 39.6 Å². The van der Waals surface area contributed by atoms with E-state index in [1.807, 2.05) is 20.8 Å². The number of benzene rings is 3. The Morgan fingerprint density at radius 2 is 0.933 bits per heavy atom. The van der Waals surface area contributed by atoms with Crippen molar-refractivity contribution in [3.8, 4) is 5.75 Å².